The van der Waals surface area contributed by atoms with Gasteiger partial charge >= 0.3 is 0 Å². The van der Waals surface area contributed by atoms with Gasteiger partial charge in [-0.25, -0.2) is 0 Å². The maximum absolute atomic E-state index is 11.5. The summed E-state index contributed by atoms with van der Waals surface area (Å²) in [6, 6.07) is 3.80. The topological polar surface area (TPSA) is 26.3 Å². The second kappa shape index (κ2) is 5.73. The molecule has 1 aromatic heterocycles. The average molecular weight is 210 g/mol. The summed E-state index contributed by atoms with van der Waals surface area (Å²) in [6.45, 7) is 4.59. The van der Waals surface area contributed by atoms with Crippen LogP contribution in [0.2, 0.25) is 0 Å². The minimum absolute atomic E-state index is 0.0626. The van der Waals surface area contributed by atoms with Gasteiger partial charge in [-0.05, 0) is 26.0 Å². The van der Waals surface area contributed by atoms with Crippen molar-refractivity contribution in [1.82, 2.24) is 0 Å². The predicted octanol–water partition coefficient (Wildman–Crippen LogP) is 2.83. The molecule has 76 valence electrons. The van der Waals surface area contributed by atoms with Crippen molar-refractivity contribution in [3.8, 4) is 0 Å². The Balaban J connectivity index is 2.35. The first-order chi connectivity index (χ1) is 6.74. The van der Waals surface area contributed by atoms with E-state index < -0.39 is 0 Å². The van der Waals surface area contributed by atoms with E-state index in [2.05, 4.69) is 0 Å². The third-order valence-corrected chi connectivity index (χ3v) is 2.74. The van der Waals surface area contributed by atoms with Crippen molar-refractivity contribution in [3.05, 3.63) is 34.0 Å². The number of rotatable bonds is 5. The smallest absolute Gasteiger partial charge is 0.198 e. The summed E-state index contributed by atoms with van der Waals surface area (Å²) in [5, 5.41) is 0. The van der Waals surface area contributed by atoms with Crippen molar-refractivity contribution < 1.29 is 9.53 Å². The Bertz CT molecular complexity index is 326. The summed E-state index contributed by atoms with van der Waals surface area (Å²) in [7, 11) is 0. The molecule has 1 heterocycles. The van der Waals surface area contributed by atoms with Gasteiger partial charge in [0.1, 0.15) is 6.61 Å². The first-order valence-corrected chi connectivity index (χ1v) is 5.34. The van der Waals surface area contributed by atoms with E-state index in [0.717, 1.165) is 9.75 Å². The van der Waals surface area contributed by atoms with Gasteiger partial charge in [0.05, 0.1) is 11.5 Å². The zero-order valence-electron chi connectivity index (χ0n) is 8.45. The van der Waals surface area contributed by atoms with Crippen LogP contribution in [0.4, 0.5) is 0 Å². The van der Waals surface area contributed by atoms with Crippen LogP contribution in [0.1, 0.15) is 21.5 Å². The Morgan fingerprint density at radius 1 is 1.57 bits per heavy atom. The van der Waals surface area contributed by atoms with Crippen LogP contribution >= 0.6 is 11.3 Å². The number of allylic oxidation sites excluding steroid dienone is 1. The maximum atomic E-state index is 11.5. The van der Waals surface area contributed by atoms with E-state index in [1.807, 2.05) is 38.1 Å². The molecule has 0 saturated carbocycles. The molecule has 0 aliphatic rings. The Kier molecular flexibility index (Phi) is 4.56. The molecule has 0 saturated heterocycles. The Morgan fingerprint density at radius 2 is 2.36 bits per heavy atom. The third kappa shape index (κ3) is 3.44. The maximum Gasteiger partial charge on any atom is 0.198 e. The highest BCUT2D eigenvalue weighted by Gasteiger charge is 2.07. The zero-order chi connectivity index (χ0) is 10.4. The molecule has 2 nitrogen and oxygen atoms in total. The van der Waals surface area contributed by atoms with Crippen LogP contribution in [-0.2, 0) is 4.74 Å². The molecule has 14 heavy (non-hydrogen) atoms. The van der Waals surface area contributed by atoms with E-state index >= 15 is 0 Å². The van der Waals surface area contributed by atoms with Crippen molar-refractivity contribution in [2.24, 2.45) is 0 Å². The lowest BCUT2D eigenvalue weighted by Crippen LogP contribution is -2.07. The van der Waals surface area contributed by atoms with Gasteiger partial charge in [-0.15, -0.1) is 11.3 Å². The standard InChI is InChI=1S/C11H14O2S/c1-3-4-7-13-8-10(12)11-6-5-9(2)14-11/h3-6H,7-8H2,1-2H3. The van der Waals surface area contributed by atoms with Crippen LogP contribution in [0.3, 0.4) is 0 Å². The molecule has 0 aliphatic carbocycles. The lowest BCUT2D eigenvalue weighted by molar-refractivity contribution is 0.0810. The lowest BCUT2D eigenvalue weighted by Gasteiger charge is -1.97. The number of carbonyl (C=O) groups excluding carboxylic acids is 1. The largest absolute Gasteiger partial charge is 0.369 e. The van der Waals surface area contributed by atoms with Gasteiger partial charge in [0.25, 0.3) is 0 Å². The number of carbonyl (C=O) groups is 1. The molecule has 1 rings (SSSR count). The number of ether oxygens (including phenoxy) is 1. The fourth-order valence-corrected chi connectivity index (χ4v) is 1.76. The van der Waals surface area contributed by atoms with Gasteiger partial charge in [0.2, 0.25) is 0 Å². The second-order valence-corrected chi connectivity index (χ2v) is 4.21. The fraction of sp³-hybridized carbons (Fsp3) is 0.364. The van der Waals surface area contributed by atoms with E-state index in [9.17, 15) is 4.79 Å². The predicted molar refractivity (Wildman–Crippen MR) is 59.0 cm³/mol. The number of Topliss-reactive ketones (excluding diaryl/α,β-unsaturated/α-hetero) is 1. The van der Waals surface area contributed by atoms with Crippen LogP contribution in [0.15, 0.2) is 24.3 Å². The van der Waals surface area contributed by atoms with E-state index in [1.54, 1.807) is 0 Å². The molecule has 0 aromatic carbocycles. The minimum Gasteiger partial charge on any atom is -0.369 e. The van der Waals surface area contributed by atoms with Gasteiger partial charge in [0, 0.05) is 4.88 Å². The van der Waals surface area contributed by atoms with E-state index in [0.29, 0.717) is 6.61 Å². The highest BCUT2D eigenvalue weighted by atomic mass is 32.1. The SMILES string of the molecule is CC=CCOCC(=O)c1ccc(C)s1. The van der Waals surface area contributed by atoms with Crippen molar-refractivity contribution in [3.63, 3.8) is 0 Å². The second-order valence-electron chi connectivity index (χ2n) is 2.92. The molecule has 0 N–H and O–H groups in total. The van der Waals surface area contributed by atoms with Crippen molar-refractivity contribution in [2.45, 2.75) is 13.8 Å². The van der Waals surface area contributed by atoms with Crippen LogP contribution < -0.4 is 0 Å². The Hall–Kier alpha value is -0.930. The Labute approximate surface area is 88.2 Å². The van der Waals surface area contributed by atoms with Crippen molar-refractivity contribution in [2.75, 3.05) is 13.2 Å². The summed E-state index contributed by atoms with van der Waals surface area (Å²) in [5.41, 5.74) is 0. The van der Waals surface area contributed by atoms with Crippen molar-refractivity contribution >= 4 is 17.1 Å². The monoisotopic (exact) mass is 210 g/mol. The normalized spacial score (nSPS) is 11.0. The molecule has 0 unspecified atom stereocenters. The molecule has 0 radical (unpaired) electrons. The van der Waals surface area contributed by atoms with Crippen LogP contribution in [0.5, 0.6) is 0 Å². The Morgan fingerprint density at radius 3 is 2.93 bits per heavy atom. The molecular formula is C11H14O2S. The zero-order valence-corrected chi connectivity index (χ0v) is 9.26. The summed E-state index contributed by atoms with van der Waals surface area (Å²) in [5.74, 6) is 0.0626. The number of hydrogen-bond acceptors (Lipinski definition) is 3. The van der Waals surface area contributed by atoms with Gasteiger partial charge in [0.15, 0.2) is 5.78 Å². The van der Waals surface area contributed by atoms with E-state index in [4.69, 9.17) is 4.74 Å². The number of aryl methyl sites for hydroxylation is 1. The molecule has 0 bridgehead atoms. The summed E-state index contributed by atoms with van der Waals surface area (Å²) >= 11 is 1.51. The summed E-state index contributed by atoms with van der Waals surface area (Å²) in [6.07, 6.45) is 3.78. The molecule has 0 amide bonds. The fourth-order valence-electron chi connectivity index (χ4n) is 0.971. The van der Waals surface area contributed by atoms with Crippen LogP contribution in [0.25, 0.3) is 0 Å². The third-order valence-electron chi connectivity index (χ3n) is 1.70. The molecule has 0 fully saturated rings. The highest BCUT2D eigenvalue weighted by Crippen LogP contribution is 2.15. The van der Waals surface area contributed by atoms with Gasteiger partial charge in [-0.1, -0.05) is 12.2 Å². The van der Waals surface area contributed by atoms with E-state index in [-0.39, 0.29) is 12.4 Å². The molecule has 0 spiro atoms. The lowest BCUT2D eigenvalue weighted by atomic mass is 10.3. The molecule has 0 atom stereocenters. The summed E-state index contributed by atoms with van der Waals surface area (Å²) < 4.78 is 5.17. The van der Waals surface area contributed by atoms with Crippen LogP contribution in [-0.4, -0.2) is 19.0 Å². The van der Waals surface area contributed by atoms with Crippen LogP contribution in [0, 0.1) is 6.92 Å². The average Bonchev–Trinajstić information content (AvgIpc) is 2.59. The molecule has 3 heteroatoms. The minimum atomic E-state index is 0.0626. The first-order valence-electron chi connectivity index (χ1n) is 4.52. The van der Waals surface area contributed by atoms with Gasteiger partial charge in [-0.3, -0.25) is 4.79 Å². The number of ketones is 1. The quantitative estimate of drug-likeness (QED) is 0.424. The molecular weight excluding hydrogens is 196 g/mol. The van der Waals surface area contributed by atoms with Crippen molar-refractivity contribution in [1.29, 1.82) is 0 Å². The van der Waals surface area contributed by atoms with Gasteiger partial charge < -0.3 is 4.74 Å². The summed E-state index contributed by atoms with van der Waals surface area (Å²) in [4.78, 5) is 13.4. The molecule has 1 aromatic rings. The van der Waals surface area contributed by atoms with E-state index in [1.165, 1.54) is 11.3 Å². The number of hydrogen-bond donors (Lipinski definition) is 0. The highest BCUT2D eigenvalue weighted by molar-refractivity contribution is 7.14. The number of thiophene rings is 1. The first kappa shape index (κ1) is 11.1. The van der Waals surface area contributed by atoms with Gasteiger partial charge in [-0.2, -0.15) is 0 Å². The molecule has 0 aliphatic heterocycles.